The maximum Gasteiger partial charge on any atom is 0.212 e. The molecule has 148 valence electrons. The van der Waals surface area contributed by atoms with E-state index in [4.69, 9.17) is 0 Å². The van der Waals surface area contributed by atoms with Gasteiger partial charge in [-0.15, -0.1) is 0 Å². The zero-order chi connectivity index (χ0) is 21.2. The molecule has 0 radical (unpaired) electrons. The Kier molecular flexibility index (Phi) is 6.17. The van der Waals surface area contributed by atoms with Gasteiger partial charge in [0, 0.05) is 23.3 Å². The second-order valence-corrected chi connectivity index (χ2v) is 5.73. The third-order valence-corrected chi connectivity index (χ3v) is 3.95. The highest BCUT2D eigenvalue weighted by Gasteiger charge is 2.26. The van der Waals surface area contributed by atoms with Crippen molar-refractivity contribution in [3.63, 3.8) is 0 Å². The number of allylic oxidation sites excluding steroid dienone is 1. The van der Waals surface area contributed by atoms with Crippen molar-refractivity contribution in [1.82, 2.24) is 0 Å². The number of benzene rings is 2. The summed E-state index contributed by atoms with van der Waals surface area (Å²) < 4.78 is 68.3. The first kappa shape index (κ1) is 21.1. The largest absolute Gasteiger partial charge is 0.545 e. The summed E-state index contributed by atoms with van der Waals surface area (Å²) in [6.07, 6.45) is -0.302. The molecule has 0 atom stereocenters. The van der Waals surface area contributed by atoms with E-state index in [1.165, 1.54) is 6.92 Å². The first-order valence-corrected chi connectivity index (χ1v) is 7.93. The minimum atomic E-state index is -1.82. The van der Waals surface area contributed by atoms with Gasteiger partial charge >= 0.3 is 0 Å². The van der Waals surface area contributed by atoms with E-state index in [1.807, 2.05) is 0 Å². The number of hydrogen-bond donors (Lipinski definition) is 1. The number of carbonyl (C=O) groups is 2. The van der Waals surface area contributed by atoms with E-state index in [0.29, 0.717) is 6.07 Å². The highest BCUT2D eigenvalue weighted by Crippen LogP contribution is 2.26. The number of carboxylic acid groups (broad SMARTS) is 1. The van der Waals surface area contributed by atoms with Gasteiger partial charge in [-0.25, -0.2) is 22.0 Å². The average Bonchev–Trinajstić information content (AvgIpc) is 2.61. The van der Waals surface area contributed by atoms with Gasteiger partial charge in [0.2, 0.25) is 5.78 Å². The van der Waals surface area contributed by atoms with Crippen molar-refractivity contribution in [2.45, 2.75) is 20.3 Å². The maximum atomic E-state index is 14.2. The molecule has 0 aromatic heterocycles. The molecule has 0 saturated heterocycles. The first-order valence-electron chi connectivity index (χ1n) is 7.93. The van der Waals surface area contributed by atoms with Gasteiger partial charge in [-0.1, -0.05) is 6.92 Å². The molecule has 0 aliphatic rings. The Morgan fingerprint density at radius 3 is 2.18 bits per heavy atom. The Hall–Kier alpha value is -3.23. The predicted octanol–water partition coefficient (Wildman–Crippen LogP) is 3.40. The molecule has 0 fully saturated rings. The summed E-state index contributed by atoms with van der Waals surface area (Å²) >= 11 is 0. The quantitative estimate of drug-likeness (QED) is 0.351. The number of ketones is 1. The van der Waals surface area contributed by atoms with Gasteiger partial charge in [-0.2, -0.15) is 0 Å². The molecule has 1 N–H and O–H groups in total. The van der Waals surface area contributed by atoms with E-state index in [9.17, 15) is 36.6 Å². The van der Waals surface area contributed by atoms with Crippen LogP contribution in [-0.4, -0.2) is 11.8 Å². The van der Waals surface area contributed by atoms with E-state index < -0.39 is 68.9 Å². The zero-order valence-corrected chi connectivity index (χ0v) is 14.6. The Morgan fingerprint density at radius 1 is 1.00 bits per heavy atom. The number of rotatable bonds is 6. The van der Waals surface area contributed by atoms with Crippen LogP contribution < -0.4 is 10.4 Å². The normalized spacial score (nSPS) is 11.8. The third-order valence-electron chi connectivity index (χ3n) is 3.95. The molecule has 4 nitrogen and oxygen atoms in total. The lowest BCUT2D eigenvalue weighted by molar-refractivity contribution is -0.299. The summed E-state index contributed by atoms with van der Waals surface area (Å²) in [5, 5.41) is 13.6. The van der Waals surface area contributed by atoms with Crippen LogP contribution in [0.4, 0.5) is 27.6 Å². The van der Waals surface area contributed by atoms with Gasteiger partial charge in [-0.05, 0) is 25.5 Å². The van der Waals surface area contributed by atoms with Gasteiger partial charge in [0.05, 0.1) is 22.9 Å². The van der Waals surface area contributed by atoms with Crippen molar-refractivity contribution in [1.29, 1.82) is 0 Å². The second-order valence-electron chi connectivity index (χ2n) is 5.73. The number of hydrogen-bond acceptors (Lipinski definition) is 4. The van der Waals surface area contributed by atoms with Crippen molar-refractivity contribution in [2.75, 3.05) is 5.32 Å². The maximum absolute atomic E-state index is 14.2. The number of Topliss-reactive ketones (excluding diaryl/α,β-unsaturated/α-hetero) is 1. The number of halogens is 5. The van der Waals surface area contributed by atoms with Crippen LogP contribution in [0.3, 0.4) is 0 Å². The van der Waals surface area contributed by atoms with Crippen LogP contribution in [0.1, 0.15) is 29.3 Å². The van der Waals surface area contributed by atoms with Crippen LogP contribution in [0.5, 0.6) is 0 Å². The van der Waals surface area contributed by atoms with Gasteiger partial charge in [0.1, 0.15) is 17.5 Å². The van der Waals surface area contributed by atoms with Crippen molar-refractivity contribution in [3.05, 3.63) is 75.7 Å². The van der Waals surface area contributed by atoms with Crippen molar-refractivity contribution >= 4 is 17.4 Å². The van der Waals surface area contributed by atoms with Crippen LogP contribution >= 0.6 is 0 Å². The summed E-state index contributed by atoms with van der Waals surface area (Å²) in [7, 11) is 0. The highest BCUT2D eigenvalue weighted by molar-refractivity contribution is 6.14. The molecule has 2 aromatic rings. The summed E-state index contributed by atoms with van der Waals surface area (Å²) in [4.78, 5) is 24.2. The zero-order valence-electron chi connectivity index (χ0n) is 14.6. The first-order chi connectivity index (χ1) is 13.1. The Bertz CT molecular complexity index is 1000. The molecule has 0 amide bonds. The molecule has 0 bridgehead atoms. The molecular formula is C19H13F5NO3-. The second kappa shape index (κ2) is 8.20. The Balaban J connectivity index is 2.69. The standard InChI is InChI=1S/C19H14F5NO3/c1-3-10(19(27)28)17(25-14-5-4-9(20)6-11(14)21)18(26)15-8(2)16(24)13(23)7-12(15)22/h4-7,25H,3H2,1-2H3,(H,27,28)/p-1/b17-10+. The van der Waals surface area contributed by atoms with Crippen LogP contribution in [0, 0.1) is 36.0 Å². The van der Waals surface area contributed by atoms with Gasteiger partial charge in [0.25, 0.3) is 0 Å². The number of nitrogens with one attached hydrogen (secondary N) is 1. The smallest absolute Gasteiger partial charge is 0.212 e. The Morgan fingerprint density at radius 2 is 1.64 bits per heavy atom. The molecule has 9 heteroatoms. The number of carboxylic acids is 1. The van der Waals surface area contributed by atoms with E-state index in [0.717, 1.165) is 19.1 Å². The molecule has 0 aliphatic carbocycles. The number of anilines is 1. The fraction of sp³-hybridized carbons (Fsp3) is 0.158. The van der Waals surface area contributed by atoms with E-state index in [1.54, 1.807) is 0 Å². The van der Waals surface area contributed by atoms with E-state index in [-0.39, 0.29) is 12.5 Å². The van der Waals surface area contributed by atoms with Crippen LogP contribution in [0.25, 0.3) is 0 Å². The van der Waals surface area contributed by atoms with Crippen molar-refractivity contribution in [2.24, 2.45) is 0 Å². The van der Waals surface area contributed by atoms with Crippen LogP contribution in [-0.2, 0) is 4.79 Å². The average molecular weight is 398 g/mol. The molecule has 2 aromatic carbocycles. The lowest BCUT2D eigenvalue weighted by Crippen LogP contribution is -2.29. The van der Waals surface area contributed by atoms with Crippen LogP contribution in [0.15, 0.2) is 35.5 Å². The minimum absolute atomic E-state index is 0.135. The summed E-state index contributed by atoms with van der Waals surface area (Å²) in [5.41, 5.74) is -3.61. The summed E-state index contributed by atoms with van der Waals surface area (Å²) in [5.74, 6) is -9.75. The summed E-state index contributed by atoms with van der Waals surface area (Å²) in [6, 6.07) is 2.32. The van der Waals surface area contributed by atoms with Crippen molar-refractivity contribution < 1.29 is 36.6 Å². The van der Waals surface area contributed by atoms with Crippen molar-refractivity contribution in [3.8, 4) is 0 Å². The SMILES string of the molecule is CC/C(C(=O)[O-])=C(\Nc1ccc(F)cc1F)C(=O)c1c(F)cc(F)c(F)c1C. The Labute approximate surface area is 156 Å². The molecule has 0 unspecified atom stereocenters. The fourth-order valence-electron chi connectivity index (χ4n) is 2.54. The predicted molar refractivity (Wildman–Crippen MR) is 87.7 cm³/mol. The summed E-state index contributed by atoms with van der Waals surface area (Å²) in [6.45, 7) is 2.25. The molecule has 0 heterocycles. The lowest BCUT2D eigenvalue weighted by Gasteiger charge is -2.18. The molecule has 0 spiro atoms. The number of carbonyl (C=O) groups excluding carboxylic acids is 2. The van der Waals surface area contributed by atoms with E-state index >= 15 is 0 Å². The molecular weight excluding hydrogens is 385 g/mol. The van der Waals surface area contributed by atoms with Crippen LogP contribution in [0.2, 0.25) is 0 Å². The molecule has 0 saturated carbocycles. The monoisotopic (exact) mass is 398 g/mol. The molecule has 0 aliphatic heterocycles. The minimum Gasteiger partial charge on any atom is -0.545 e. The van der Waals surface area contributed by atoms with Gasteiger partial charge in [0.15, 0.2) is 11.6 Å². The van der Waals surface area contributed by atoms with E-state index in [2.05, 4.69) is 5.32 Å². The molecule has 28 heavy (non-hydrogen) atoms. The fourth-order valence-corrected chi connectivity index (χ4v) is 2.54. The van der Waals surface area contributed by atoms with Gasteiger partial charge in [-0.3, -0.25) is 4.79 Å². The molecule has 2 rings (SSSR count). The topological polar surface area (TPSA) is 69.2 Å². The third kappa shape index (κ3) is 4.03. The van der Waals surface area contributed by atoms with Gasteiger partial charge < -0.3 is 15.2 Å². The lowest BCUT2D eigenvalue weighted by atomic mass is 9.97. The highest BCUT2D eigenvalue weighted by atomic mass is 19.2. The number of aliphatic carboxylic acids is 1.